The quantitative estimate of drug-likeness (QED) is 0.866. The number of nitrogens with zero attached hydrogens (tertiary/aromatic N) is 1. The van der Waals surface area contributed by atoms with Crippen LogP contribution in [0.25, 0.3) is 0 Å². The first-order valence-electron chi connectivity index (χ1n) is 7.68. The number of benzene rings is 1. The van der Waals surface area contributed by atoms with E-state index in [-0.39, 0.29) is 6.79 Å². The fourth-order valence-corrected chi connectivity index (χ4v) is 2.84. The third-order valence-corrected chi connectivity index (χ3v) is 3.93. The Morgan fingerprint density at radius 2 is 1.95 bits per heavy atom. The highest BCUT2D eigenvalue weighted by atomic mass is 16.7. The second kappa shape index (κ2) is 7.11. The number of ether oxygens (including phenoxy) is 3. The smallest absolute Gasteiger partial charge is 0.231 e. The Kier molecular flexibility index (Phi) is 4.95. The van der Waals surface area contributed by atoms with E-state index in [1.54, 1.807) is 0 Å². The van der Waals surface area contributed by atoms with E-state index < -0.39 is 6.10 Å². The van der Waals surface area contributed by atoms with Gasteiger partial charge in [-0.3, -0.25) is 0 Å². The minimum Gasteiger partial charge on any atom is -0.454 e. The van der Waals surface area contributed by atoms with E-state index in [4.69, 9.17) is 14.2 Å². The predicted octanol–water partition coefficient (Wildman–Crippen LogP) is 1.78. The summed E-state index contributed by atoms with van der Waals surface area (Å²) in [6.07, 6.45) is 3.38. The van der Waals surface area contributed by atoms with E-state index in [0.29, 0.717) is 19.8 Å². The third kappa shape index (κ3) is 4.09. The Morgan fingerprint density at radius 1 is 1.14 bits per heavy atom. The number of rotatable bonds is 6. The molecule has 1 aromatic rings. The highest BCUT2D eigenvalue weighted by Gasteiger charge is 2.15. The molecule has 1 aromatic carbocycles. The van der Waals surface area contributed by atoms with Crippen LogP contribution < -0.4 is 9.47 Å². The maximum Gasteiger partial charge on any atom is 0.231 e. The van der Waals surface area contributed by atoms with Crippen molar-refractivity contribution in [2.24, 2.45) is 0 Å². The van der Waals surface area contributed by atoms with Crippen molar-refractivity contribution in [3.05, 3.63) is 23.8 Å². The van der Waals surface area contributed by atoms with Crippen LogP contribution >= 0.6 is 0 Å². The maximum atomic E-state index is 10.0. The molecule has 1 atom stereocenters. The fraction of sp³-hybridized carbons (Fsp3) is 0.625. The summed E-state index contributed by atoms with van der Waals surface area (Å²) in [5.74, 6) is 1.55. The monoisotopic (exact) mass is 293 g/mol. The first-order chi connectivity index (χ1) is 10.3. The summed E-state index contributed by atoms with van der Waals surface area (Å²) >= 11 is 0. The van der Waals surface area contributed by atoms with Gasteiger partial charge >= 0.3 is 0 Å². The molecule has 5 heteroatoms. The van der Waals surface area contributed by atoms with Crippen molar-refractivity contribution in [3.8, 4) is 11.5 Å². The molecule has 0 unspecified atom stereocenters. The number of hydrogen-bond acceptors (Lipinski definition) is 5. The second-order valence-corrected chi connectivity index (χ2v) is 5.72. The topological polar surface area (TPSA) is 51.2 Å². The summed E-state index contributed by atoms with van der Waals surface area (Å²) in [6, 6.07) is 5.79. The van der Waals surface area contributed by atoms with E-state index in [9.17, 15) is 5.11 Å². The van der Waals surface area contributed by atoms with Crippen LogP contribution in [0.3, 0.4) is 0 Å². The van der Waals surface area contributed by atoms with Gasteiger partial charge in [-0.2, -0.15) is 0 Å². The molecule has 0 aliphatic carbocycles. The molecule has 1 saturated heterocycles. The van der Waals surface area contributed by atoms with Gasteiger partial charge in [-0.25, -0.2) is 0 Å². The van der Waals surface area contributed by atoms with E-state index >= 15 is 0 Å². The fourth-order valence-electron chi connectivity index (χ4n) is 2.84. The number of aliphatic hydroxyl groups is 1. The number of piperidine rings is 1. The highest BCUT2D eigenvalue weighted by molar-refractivity contribution is 5.44. The SMILES string of the molecule is O[C@@H](COCc1ccc2c(c1)OCO2)CN1CCCCC1. The zero-order valence-corrected chi connectivity index (χ0v) is 12.3. The summed E-state index contributed by atoms with van der Waals surface area (Å²) < 4.78 is 16.2. The molecule has 0 radical (unpaired) electrons. The van der Waals surface area contributed by atoms with E-state index in [2.05, 4.69) is 4.90 Å². The lowest BCUT2D eigenvalue weighted by Gasteiger charge is -2.28. The van der Waals surface area contributed by atoms with Crippen molar-refractivity contribution < 1.29 is 19.3 Å². The maximum absolute atomic E-state index is 10.0. The Labute approximate surface area is 125 Å². The summed E-state index contributed by atoms with van der Waals surface area (Å²) in [4.78, 5) is 2.32. The Hall–Kier alpha value is -1.30. The molecule has 3 rings (SSSR count). The Morgan fingerprint density at radius 3 is 2.81 bits per heavy atom. The van der Waals surface area contributed by atoms with Crippen LogP contribution in [0.5, 0.6) is 11.5 Å². The molecule has 0 aromatic heterocycles. The van der Waals surface area contributed by atoms with E-state index in [1.807, 2.05) is 18.2 Å². The zero-order chi connectivity index (χ0) is 14.5. The number of hydrogen-bond donors (Lipinski definition) is 1. The van der Waals surface area contributed by atoms with E-state index in [1.165, 1.54) is 19.3 Å². The van der Waals surface area contributed by atoms with Gasteiger partial charge in [0.15, 0.2) is 11.5 Å². The molecule has 2 aliphatic heterocycles. The lowest BCUT2D eigenvalue weighted by atomic mass is 10.1. The first-order valence-corrected chi connectivity index (χ1v) is 7.68. The van der Waals surface area contributed by atoms with Gasteiger partial charge in [-0.15, -0.1) is 0 Å². The molecule has 1 N–H and O–H groups in total. The van der Waals surface area contributed by atoms with Crippen LogP contribution in [0.15, 0.2) is 18.2 Å². The van der Waals surface area contributed by atoms with Crippen LogP contribution in [-0.4, -0.2) is 49.1 Å². The molecule has 0 spiro atoms. The van der Waals surface area contributed by atoms with Gasteiger partial charge in [-0.05, 0) is 43.6 Å². The minimum atomic E-state index is -0.419. The molecule has 0 saturated carbocycles. The Balaban J connectivity index is 1.39. The van der Waals surface area contributed by atoms with Crippen molar-refractivity contribution in [3.63, 3.8) is 0 Å². The van der Waals surface area contributed by atoms with Gasteiger partial charge in [0, 0.05) is 6.54 Å². The zero-order valence-electron chi connectivity index (χ0n) is 12.3. The molecule has 116 valence electrons. The molecule has 5 nitrogen and oxygen atoms in total. The molecular formula is C16H23NO4. The number of likely N-dealkylation sites (tertiary alicyclic amines) is 1. The average Bonchev–Trinajstić information content (AvgIpc) is 2.96. The molecule has 0 bridgehead atoms. The molecule has 2 aliphatic rings. The molecule has 2 heterocycles. The standard InChI is InChI=1S/C16H23NO4/c18-14(9-17-6-2-1-3-7-17)11-19-10-13-4-5-15-16(8-13)21-12-20-15/h4-5,8,14,18H,1-3,6-7,9-12H2/t14-/m1/s1. The van der Waals surface area contributed by atoms with Gasteiger partial charge in [0.05, 0.1) is 19.3 Å². The van der Waals surface area contributed by atoms with Gasteiger partial charge < -0.3 is 24.2 Å². The van der Waals surface area contributed by atoms with Crippen molar-refractivity contribution >= 4 is 0 Å². The molecule has 21 heavy (non-hydrogen) atoms. The largest absolute Gasteiger partial charge is 0.454 e. The van der Waals surface area contributed by atoms with Crippen LogP contribution in [0.1, 0.15) is 24.8 Å². The van der Waals surface area contributed by atoms with Crippen LogP contribution in [0, 0.1) is 0 Å². The van der Waals surface area contributed by atoms with Crippen molar-refractivity contribution in [2.45, 2.75) is 32.0 Å². The summed E-state index contributed by atoms with van der Waals surface area (Å²) in [6.45, 7) is 4.03. The second-order valence-electron chi connectivity index (χ2n) is 5.72. The summed E-state index contributed by atoms with van der Waals surface area (Å²) in [5, 5.41) is 10.0. The van der Waals surface area contributed by atoms with Crippen LogP contribution in [0.4, 0.5) is 0 Å². The van der Waals surface area contributed by atoms with Crippen LogP contribution in [0.2, 0.25) is 0 Å². The van der Waals surface area contributed by atoms with Crippen molar-refractivity contribution in [2.75, 3.05) is 33.0 Å². The van der Waals surface area contributed by atoms with Gasteiger partial charge in [0.2, 0.25) is 6.79 Å². The van der Waals surface area contributed by atoms with Gasteiger partial charge in [-0.1, -0.05) is 12.5 Å². The lowest BCUT2D eigenvalue weighted by molar-refractivity contribution is 0.00710. The van der Waals surface area contributed by atoms with Gasteiger partial charge in [0.25, 0.3) is 0 Å². The molecule has 1 fully saturated rings. The first kappa shape index (κ1) is 14.6. The van der Waals surface area contributed by atoms with Crippen molar-refractivity contribution in [1.82, 2.24) is 4.90 Å². The third-order valence-electron chi connectivity index (χ3n) is 3.93. The number of β-amino-alcohol motifs (C(OH)–C–C–N with tert-alkyl or cyclic N) is 1. The van der Waals surface area contributed by atoms with E-state index in [0.717, 1.165) is 30.2 Å². The van der Waals surface area contributed by atoms with Crippen LogP contribution in [-0.2, 0) is 11.3 Å². The Bertz CT molecular complexity index is 460. The molecule has 0 amide bonds. The van der Waals surface area contributed by atoms with Gasteiger partial charge in [0.1, 0.15) is 0 Å². The normalized spacial score (nSPS) is 19.7. The highest BCUT2D eigenvalue weighted by Crippen LogP contribution is 2.32. The minimum absolute atomic E-state index is 0.286. The number of fused-ring (bicyclic) bond motifs is 1. The summed E-state index contributed by atoms with van der Waals surface area (Å²) in [5.41, 5.74) is 1.03. The predicted molar refractivity (Wildman–Crippen MR) is 78.5 cm³/mol. The van der Waals surface area contributed by atoms with Crippen molar-refractivity contribution in [1.29, 1.82) is 0 Å². The molecular weight excluding hydrogens is 270 g/mol. The lowest BCUT2D eigenvalue weighted by Crippen LogP contribution is -2.38. The average molecular weight is 293 g/mol. The summed E-state index contributed by atoms with van der Waals surface area (Å²) in [7, 11) is 0. The number of aliphatic hydroxyl groups excluding tert-OH is 1.